The molecule has 0 aromatic rings. The Hall–Kier alpha value is -0.330. The summed E-state index contributed by atoms with van der Waals surface area (Å²) in [5.41, 5.74) is 0.147. The second-order valence-electron chi connectivity index (χ2n) is 5.32. The van der Waals surface area contributed by atoms with Gasteiger partial charge in [-0.3, -0.25) is 0 Å². The molecule has 0 heterocycles. The zero-order valence-electron chi connectivity index (χ0n) is 8.75. The van der Waals surface area contributed by atoms with Gasteiger partial charge in [0.15, 0.2) is 0 Å². The van der Waals surface area contributed by atoms with E-state index in [9.17, 15) is 4.79 Å². The van der Waals surface area contributed by atoms with Crippen molar-refractivity contribution in [2.45, 2.75) is 46.0 Å². The molecule has 1 heteroatoms. The van der Waals surface area contributed by atoms with E-state index >= 15 is 0 Å². The molecule has 0 aromatic heterocycles. The Morgan fingerprint density at radius 2 is 1.85 bits per heavy atom. The first kappa shape index (κ1) is 9.23. The molecule has 2 aliphatic carbocycles. The molecule has 0 bridgehead atoms. The summed E-state index contributed by atoms with van der Waals surface area (Å²) in [5, 5.41) is 0. The van der Waals surface area contributed by atoms with Gasteiger partial charge in [-0.25, -0.2) is 0 Å². The number of aldehydes is 1. The van der Waals surface area contributed by atoms with E-state index in [1.807, 2.05) is 0 Å². The van der Waals surface area contributed by atoms with Crippen LogP contribution in [0.15, 0.2) is 0 Å². The molecule has 0 aliphatic heterocycles. The van der Waals surface area contributed by atoms with Crippen molar-refractivity contribution in [3.05, 3.63) is 0 Å². The molecular weight excluding hydrogens is 160 g/mol. The van der Waals surface area contributed by atoms with Crippen LogP contribution in [0.2, 0.25) is 0 Å². The predicted molar refractivity (Wildman–Crippen MR) is 53.4 cm³/mol. The summed E-state index contributed by atoms with van der Waals surface area (Å²) in [6.07, 6.45) is 7.51. The molecule has 1 nitrogen and oxygen atoms in total. The van der Waals surface area contributed by atoms with Gasteiger partial charge < -0.3 is 4.79 Å². The standard InChI is InChI=1S/C12H20O/c1-9-3-4-11(7-10(9)2)12(8-13)5-6-12/h8-11H,3-7H2,1-2H3. The zero-order valence-corrected chi connectivity index (χ0v) is 8.75. The molecule has 3 atom stereocenters. The summed E-state index contributed by atoms with van der Waals surface area (Å²) in [6.45, 7) is 4.69. The van der Waals surface area contributed by atoms with Gasteiger partial charge in [0.2, 0.25) is 0 Å². The first-order chi connectivity index (χ1) is 6.18. The minimum Gasteiger partial charge on any atom is -0.303 e. The van der Waals surface area contributed by atoms with Crippen molar-refractivity contribution in [3.63, 3.8) is 0 Å². The molecule has 0 N–H and O–H groups in total. The van der Waals surface area contributed by atoms with Gasteiger partial charge in [-0.15, -0.1) is 0 Å². The fourth-order valence-electron chi connectivity index (χ4n) is 2.84. The topological polar surface area (TPSA) is 17.1 Å². The lowest BCUT2D eigenvalue weighted by molar-refractivity contribution is -0.114. The summed E-state index contributed by atoms with van der Waals surface area (Å²) in [4.78, 5) is 11.0. The van der Waals surface area contributed by atoms with Crippen molar-refractivity contribution in [3.8, 4) is 0 Å². The van der Waals surface area contributed by atoms with Gasteiger partial charge in [0.25, 0.3) is 0 Å². The quantitative estimate of drug-likeness (QED) is 0.597. The highest BCUT2D eigenvalue weighted by Gasteiger charge is 2.50. The average Bonchev–Trinajstić information content (AvgIpc) is 2.90. The lowest BCUT2D eigenvalue weighted by Gasteiger charge is -2.35. The van der Waals surface area contributed by atoms with Crippen LogP contribution in [-0.4, -0.2) is 6.29 Å². The maximum absolute atomic E-state index is 11.0. The third-order valence-corrected chi connectivity index (χ3v) is 4.47. The van der Waals surface area contributed by atoms with Crippen molar-refractivity contribution in [1.29, 1.82) is 0 Å². The third kappa shape index (κ3) is 1.53. The van der Waals surface area contributed by atoms with Crippen LogP contribution in [0.3, 0.4) is 0 Å². The van der Waals surface area contributed by atoms with Crippen LogP contribution in [0.4, 0.5) is 0 Å². The molecular formula is C12H20O. The van der Waals surface area contributed by atoms with Crippen LogP contribution in [0, 0.1) is 23.2 Å². The Labute approximate surface area is 80.9 Å². The van der Waals surface area contributed by atoms with E-state index in [-0.39, 0.29) is 5.41 Å². The number of hydrogen-bond acceptors (Lipinski definition) is 1. The van der Waals surface area contributed by atoms with Crippen molar-refractivity contribution in [2.24, 2.45) is 23.2 Å². The van der Waals surface area contributed by atoms with E-state index in [2.05, 4.69) is 13.8 Å². The summed E-state index contributed by atoms with van der Waals surface area (Å²) in [5.74, 6) is 2.42. The van der Waals surface area contributed by atoms with Gasteiger partial charge in [0, 0.05) is 5.41 Å². The highest BCUT2D eigenvalue weighted by molar-refractivity contribution is 5.64. The first-order valence-electron chi connectivity index (χ1n) is 5.64. The molecule has 2 fully saturated rings. The van der Waals surface area contributed by atoms with Crippen molar-refractivity contribution in [1.82, 2.24) is 0 Å². The number of carbonyl (C=O) groups is 1. The van der Waals surface area contributed by atoms with E-state index in [4.69, 9.17) is 0 Å². The molecule has 0 spiro atoms. The van der Waals surface area contributed by atoms with Crippen LogP contribution in [0.1, 0.15) is 46.0 Å². The highest BCUT2D eigenvalue weighted by atomic mass is 16.1. The second-order valence-corrected chi connectivity index (χ2v) is 5.32. The fraction of sp³-hybridized carbons (Fsp3) is 0.917. The van der Waals surface area contributed by atoms with Gasteiger partial charge in [0.1, 0.15) is 6.29 Å². The van der Waals surface area contributed by atoms with Gasteiger partial charge in [-0.2, -0.15) is 0 Å². The van der Waals surface area contributed by atoms with Gasteiger partial charge in [-0.05, 0) is 43.4 Å². The average molecular weight is 180 g/mol. The van der Waals surface area contributed by atoms with E-state index in [0.717, 1.165) is 17.8 Å². The van der Waals surface area contributed by atoms with Crippen molar-refractivity contribution >= 4 is 6.29 Å². The highest BCUT2D eigenvalue weighted by Crippen LogP contribution is 2.56. The molecule has 74 valence electrons. The summed E-state index contributed by atoms with van der Waals surface area (Å²) >= 11 is 0. The van der Waals surface area contributed by atoms with Crippen LogP contribution in [0.5, 0.6) is 0 Å². The minimum absolute atomic E-state index is 0.147. The normalized spacial score (nSPS) is 42.8. The Morgan fingerprint density at radius 3 is 2.31 bits per heavy atom. The smallest absolute Gasteiger partial charge is 0.126 e. The summed E-state index contributed by atoms with van der Waals surface area (Å²) < 4.78 is 0. The number of carbonyl (C=O) groups excluding carboxylic acids is 1. The largest absolute Gasteiger partial charge is 0.303 e. The Bertz CT molecular complexity index is 205. The lowest BCUT2D eigenvalue weighted by Crippen LogP contribution is -2.27. The maximum Gasteiger partial charge on any atom is 0.126 e. The van der Waals surface area contributed by atoms with E-state index in [0.29, 0.717) is 0 Å². The fourth-order valence-corrected chi connectivity index (χ4v) is 2.84. The minimum atomic E-state index is 0.147. The third-order valence-electron chi connectivity index (χ3n) is 4.47. The molecule has 2 rings (SSSR count). The Morgan fingerprint density at radius 1 is 1.15 bits per heavy atom. The van der Waals surface area contributed by atoms with Gasteiger partial charge >= 0.3 is 0 Å². The van der Waals surface area contributed by atoms with E-state index in [1.54, 1.807) is 0 Å². The SMILES string of the molecule is CC1CCC(C2(C=O)CC2)CC1C. The van der Waals surface area contributed by atoms with Crippen LogP contribution < -0.4 is 0 Å². The van der Waals surface area contributed by atoms with Crippen molar-refractivity contribution < 1.29 is 4.79 Å². The van der Waals surface area contributed by atoms with Crippen LogP contribution >= 0.6 is 0 Å². The Kier molecular flexibility index (Phi) is 2.21. The van der Waals surface area contributed by atoms with Gasteiger partial charge in [-0.1, -0.05) is 20.3 Å². The van der Waals surface area contributed by atoms with E-state index in [1.165, 1.54) is 38.4 Å². The van der Waals surface area contributed by atoms with E-state index < -0.39 is 0 Å². The van der Waals surface area contributed by atoms with Crippen molar-refractivity contribution in [2.75, 3.05) is 0 Å². The number of hydrogen-bond donors (Lipinski definition) is 0. The molecule has 0 aromatic carbocycles. The second kappa shape index (κ2) is 3.11. The Balaban J connectivity index is 1.99. The van der Waals surface area contributed by atoms with Crippen LogP contribution in [0.25, 0.3) is 0 Å². The predicted octanol–water partition coefficient (Wildman–Crippen LogP) is 3.04. The molecule has 2 saturated carbocycles. The lowest BCUT2D eigenvalue weighted by atomic mass is 9.70. The molecule has 0 radical (unpaired) electrons. The molecule has 3 unspecified atom stereocenters. The first-order valence-corrected chi connectivity index (χ1v) is 5.64. The molecule has 0 saturated heterocycles. The monoisotopic (exact) mass is 180 g/mol. The maximum atomic E-state index is 11.0. The summed E-state index contributed by atoms with van der Waals surface area (Å²) in [6, 6.07) is 0. The molecule has 0 amide bonds. The van der Waals surface area contributed by atoms with Gasteiger partial charge in [0.05, 0.1) is 0 Å². The van der Waals surface area contributed by atoms with Crippen LogP contribution in [-0.2, 0) is 4.79 Å². The molecule has 13 heavy (non-hydrogen) atoms. The molecule has 2 aliphatic rings. The zero-order chi connectivity index (χ0) is 9.47. The summed E-state index contributed by atoms with van der Waals surface area (Å²) in [7, 11) is 0. The number of rotatable bonds is 2.